The molecule has 0 bridgehead atoms. The number of aliphatic hydroxyl groups is 1. The highest BCUT2D eigenvalue weighted by Crippen LogP contribution is 2.45. The Hall–Kier alpha value is -2.46. The molecule has 0 heterocycles. The van der Waals surface area contributed by atoms with Gasteiger partial charge in [0.25, 0.3) is 0 Å². The normalized spacial score (nSPS) is 14.7. The monoisotopic (exact) mass is 1260 g/mol. The van der Waals surface area contributed by atoms with E-state index >= 15 is 0 Å². The van der Waals surface area contributed by atoms with E-state index in [4.69, 9.17) is 37.0 Å². The molecule has 0 fully saturated rings. The molecule has 0 saturated heterocycles. The second kappa shape index (κ2) is 58.9. The van der Waals surface area contributed by atoms with Gasteiger partial charge < -0.3 is 33.8 Å². The van der Waals surface area contributed by atoms with E-state index in [0.717, 1.165) is 109 Å². The number of hydrogen-bond acceptors (Lipinski definition) is 15. The Labute approximate surface area is 522 Å². The van der Waals surface area contributed by atoms with Gasteiger partial charge in [0.1, 0.15) is 19.3 Å². The standard InChI is InChI=1S/C67H126O17P2/c1-7-10-12-14-16-18-19-20-21-22-23-25-33-39-45-51-66(71)83-62(55-78-65(70)50-44-38-32-27-26-30-36-42-48-60(6)9-3)57-81-85(73,74)79-53-61(68)54-80-86(75,76)82-58-63(56-77-64(69)49-43-37-31-24-17-15-13-11-8-2)84-67(72)52-46-40-34-28-29-35-41-47-59(4)5/h18-21,59-63,68H,7-17,22-58H2,1-6H3,(H,73,74)(H,75,76)/b19-18-,21-20-/t60?,61-,62-,63-/m1/s1. The van der Waals surface area contributed by atoms with Gasteiger partial charge in [-0.05, 0) is 63.2 Å². The van der Waals surface area contributed by atoms with E-state index in [1.54, 1.807) is 0 Å². The van der Waals surface area contributed by atoms with Crippen LogP contribution < -0.4 is 0 Å². The fraction of sp³-hybridized carbons (Fsp3) is 0.881. The van der Waals surface area contributed by atoms with Gasteiger partial charge in [-0.15, -0.1) is 0 Å². The lowest BCUT2D eigenvalue weighted by atomic mass is 9.99. The summed E-state index contributed by atoms with van der Waals surface area (Å²) in [6, 6.07) is 0. The summed E-state index contributed by atoms with van der Waals surface area (Å²) in [5, 5.41) is 10.5. The van der Waals surface area contributed by atoms with Gasteiger partial charge in [-0.25, -0.2) is 9.13 Å². The fourth-order valence-electron chi connectivity index (χ4n) is 9.49. The summed E-state index contributed by atoms with van der Waals surface area (Å²) in [5.74, 6) is -0.695. The highest BCUT2D eigenvalue weighted by Gasteiger charge is 2.30. The Morgan fingerprint density at radius 1 is 0.384 bits per heavy atom. The average Bonchev–Trinajstić information content (AvgIpc) is 3.52. The van der Waals surface area contributed by atoms with E-state index in [1.165, 1.54) is 116 Å². The fourth-order valence-corrected chi connectivity index (χ4v) is 11.1. The molecule has 6 atom stereocenters. The lowest BCUT2D eigenvalue weighted by Gasteiger charge is -2.21. The molecule has 0 aliphatic heterocycles. The maximum absolute atomic E-state index is 13.0. The summed E-state index contributed by atoms with van der Waals surface area (Å²) in [6.07, 6.45) is 45.3. The highest BCUT2D eigenvalue weighted by molar-refractivity contribution is 7.47. The molecular weight excluding hydrogens is 1140 g/mol. The Morgan fingerprint density at radius 3 is 1.05 bits per heavy atom. The van der Waals surface area contributed by atoms with E-state index in [0.29, 0.717) is 31.6 Å². The van der Waals surface area contributed by atoms with Crippen molar-refractivity contribution in [1.82, 2.24) is 0 Å². The smallest absolute Gasteiger partial charge is 0.462 e. The lowest BCUT2D eigenvalue weighted by molar-refractivity contribution is -0.161. The van der Waals surface area contributed by atoms with Crippen LogP contribution in [0.3, 0.4) is 0 Å². The summed E-state index contributed by atoms with van der Waals surface area (Å²) in [7, 11) is -9.90. The van der Waals surface area contributed by atoms with Crippen LogP contribution in [0.5, 0.6) is 0 Å². The maximum Gasteiger partial charge on any atom is 0.472 e. The SMILES string of the molecule is CCCCCC/C=C\C=C/CCCCCCCC(=O)O[C@H](COC(=O)CCCCCCCCCCC(C)CC)COP(=O)(O)OC[C@@H](O)COP(=O)(O)OC[C@@H](COC(=O)CCCCCCCCCCC)OC(=O)CCCCCCCCCC(C)C. The van der Waals surface area contributed by atoms with Crippen molar-refractivity contribution in [2.45, 2.75) is 330 Å². The first-order chi connectivity index (χ1) is 41.4. The molecule has 0 aliphatic carbocycles. The molecule has 0 aromatic heterocycles. The molecule has 0 aromatic carbocycles. The van der Waals surface area contributed by atoms with Crippen LogP contribution in [-0.2, 0) is 65.4 Å². The first kappa shape index (κ1) is 83.5. The van der Waals surface area contributed by atoms with Crippen LogP contribution in [0.4, 0.5) is 0 Å². The Morgan fingerprint density at radius 2 is 0.686 bits per heavy atom. The third kappa shape index (κ3) is 59.2. The van der Waals surface area contributed by atoms with Crippen LogP contribution >= 0.6 is 15.6 Å². The van der Waals surface area contributed by atoms with Crippen LogP contribution in [0.2, 0.25) is 0 Å². The van der Waals surface area contributed by atoms with Gasteiger partial charge in [0.15, 0.2) is 12.2 Å². The molecule has 19 heteroatoms. The number of aliphatic hydroxyl groups excluding tert-OH is 1. The third-order valence-corrected chi connectivity index (χ3v) is 17.1. The van der Waals surface area contributed by atoms with Crippen molar-refractivity contribution in [2.75, 3.05) is 39.6 Å². The van der Waals surface area contributed by atoms with Gasteiger partial charge in [0.05, 0.1) is 26.4 Å². The molecule has 0 aliphatic rings. The number of phosphoric acid groups is 2. The summed E-state index contributed by atoms with van der Waals surface area (Å²) in [5.41, 5.74) is 0. The topological polar surface area (TPSA) is 237 Å². The van der Waals surface area contributed by atoms with Crippen molar-refractivity contribution in [3.05, 3.63) is 24.3 Å². The van der Waals surface area contributed by atoms with Gasteiger partial charge in [-0.2, -0.15) is 0 Å². The van der Waals surface area contributed by atoms with E-state index < -0.39 is 97.5 Å². The van der Waals surface area contributed by atoms with Crippen LogP contribution in [0.15, 0.2) is 24.3 Å². The second-order valence-corrected chi connectivity index (χ2v) is 27.1. The molecule has 3 unspecified atom stereocenters. The van der Waals surface area contributed by atoms with E-state index in [-0.39, 0.29) is 25.7 Å². The van der Waals surface area contributed by atoms with Gasteiger partial charge >= 0.3 is 39.5 Å². The van der Waals surface area contributed by atoms with E-state index in [9.17, 15) is 43.2 Å². The highest BCUT2D eigenvalue weighted by atomic mass is 31.2. The van der Waals surface area contributed by atoms with Crippen LogP contribution in [0, 0.1) is 11.8 Å². The second-order valence-electron chi connectivity index (χ2n) is 24.2. The predicted octanol–water partition coefficient (Wildman–Crippen LogP) is 18.4. The zero-order valence-corrected chi connectivity index (χ0v) is 56.9. The van der Waals surface area contributed by atoms with Crippen LogP contribution in [0.25, 0.3) is 0 Å². The average molecular weight is 1270 g/mol. The molecule has 0 saturated carbocycles. The van der Waals surface area contributed by atoms with Crippen LogP contribution in [-0.4, -0.2) is 96.7 Å². The van der Waals surface area contributed by atoms with Crippen LogP contribution in [0.1, 0.15) is 311 Å². The zero-order chi connectivity index (χ0) is 63.6. The number of carbonyl (C=O) groups is 4. The number of esters is 4. The van der Waals surface area contributed by atoms with Crippen molar-refractivity contribution in [3.8, 4) is 0 Å². The summed E-state index contributed by atoms with van der Waals surface area (Å²) < 4.78 is 68.0. The van der Waals surface area contributed by atoms with Gasteiger partial charge in [0.2, 0.25) is 0 Å². The van der Waals surface area contributed by atoms with E-state index in [1.807, 2.05) is 0 Å². The van der Waals surface area contributed by atoms with Crippen molar-refractivity contribution in [3.63, 3.8) is 0 Å². The number of rotatable bonds is 64. The molecule has 0 aromatic rings. The first-order valence-electron chi connectivity index (χ1n) is 34.3. The molecule has 0 rings (SSSR count). The van der Waals surface area contributed by atoms with Crippen molar-refractivity contribution in [2.24, 2.45) is 11.8 Å². The molecule has 0 spiro atoms. The first-order valence-corrected chi connectivity index (χ1v) is 37.3. The third-order valence-electron chi connectivity index (χ3n) is 15.2. The summed E-state index contributed by atoms with van der Waals surface area (Å²) in [6.45, 7) is 9.37. The Bertz CT molecular complexity index is 1780. The number of unbranched alkanes of at least 4 members (excludes halogenated alkanes) is 30. The minimum absolute atomic E-state index is 0.0842. The number of phosphoric ester groups is 2. The quantitative estimate of drug-likeness (QED) is 0.0169. The molecule has 86 heavy (non-hydrogen) atoms. The largest absolute Gasteiger partial charge is 0.472 e. The Balaban J connectivity index is 5.28. The van der Waals surface area contributed by atoms with Crippen molar-refractivity contribution < 1.29 is 80.2 Å². The molecule has 17 nitrogen and oxygen atoms in total. The molecule has 0 amide bonds. The summed E-state index contributed by atoms with van der Waals surface area (Å²) >= 11 is 0. The summed E-state index contributed by atoms with van der Waals surface area (Å²) in [4.78, 5) is 72.3. The van der Waals surface area contributed by atoms with Crippen molar-refractivity contribution >= 4 is 39.5 Å². The van der Waals surface area contributed by atoms with E-state index in [2.05, 4.69) is 65.8 Å². The van der Waals surface area contributed by atoms with Gasteiger partial charge in [-0.1, -0.05) is 258 Å². The number of carbonyl (C=O) groups excluding carboxylic acids is 4. The van der Waals surface area contributed by atoms with Gasteiger partial charge in [0, 0.05) is 25.7 Å². The Kier molecular flexibility index (Phi) is 57.2. The molecule has 0 radical (unpaired) electrons. The number of hydrogen-bond donors (Lipinski definition) is 3. The predicted molar refractivity (Wildman–Crippen MR) is 344 cm³/mol. The minimum atomic E-state index is -4.96. The maximum atomic E-state index is 13.0. The molecule has 506 valence electrons. The number of ether oxygens (including phenoxy) is 4. The molecule has 3 N–H and O–H groups in total. The minimum Gasteiger partial charge on any atom is -0.462 e. The number of allylic oxidation sites excluding steroid dienone is 4. The van der Waals surface area contributed by atoms with Crippen molar-refractivity contribution in [1.29, 1.82) is 0 Å². The van der Waals surface area contributed by atoms with Gasteiger partial charge in [-0.3, -0.25) is 37.3 Å². The zero-order valence-electron chi connectivity index (χ0n) is 55.1. The lowest BCUT2D eigenvalue weighted by Crippen LogP contribution is -2.30. The molecular formula is C67H126O17P2.